The van der Waals surface area contributed by atoms with Crippen LogP contribution in [0.5, 0.6) is 5.75 Å². The van der Waals surface area contributed by atoms with Crippen LogP contribution >= 0.6 is 11.8 Å². The lowest BCUT2D eigenvalue weighted by atomic mass is 9.86. The van der Waals surface area contributed by atoms with Crippen molar-refractivity contribution in [3.63, 3.8) is 0 Å². The monoisotopic (exact) mass is 478 g/mol. The van der Waals surface area contributed by atoms with E-state index in [0.29, 0.717) is 12.2 Å². The van der Waals surface area contributed by atoms with Gasteiger partial charge in [-0.2, -0.15) is 13.2 Å². The summed E-state index contributed by atoms with van der Waals surface area (Å²) in [5.74, 6) is -0.695. The first kappa shape index (κ1) is 25.2. The molecule has 7 heteroatoms. The van der Waals surface area contributed by atoms with Crippen molar-refractivity contribution in [2.75, 3.05) is 6.61 Å². The third-order valence-electron chi connectivity index (χ3n) is 6.32. The van der Waals surface area contributed by atoms with Gasteiger partial charge in [-0.3, -0.25) is 4.79 Å². The highest BCUT2D eigenvalue weighted by molar-refractivity contribution is 8.04. The smallest absolute Gasteiger partial charge is 0.421 e. The maximum Gasteiger partial charge on any atom is 0.421 e. The number of rotatable bonds is 8. The standard InChI is InChI=1S/C26H29F3O3S/c1-5-18-6-8-20(9-7-18)21-14-23(26(27,28)29)33-25(21,4)15-32-22-12-10-19(11-13-24(30)31)16(2)17(22)3/h6-10,12,14,21H,5,11,13,15H2,1-4H3,(H,30,31). The fourth-order valence-corrected chi connectivity index (χ4v) is 5.37. The summed E-state index contributed by atoms with van der Waals surface area (Å²) >= 11 is 0.822. The minimum atomic E-state index is -4.40. The van der Waals surface area contributed by atoms with Gasteiger partial charge in [0, 0.05) is 12.3 Å². The van der Waals surface area contributed by atoms with E-state index in [1.165, 1.54) is 6.08 Å². The van der Waals surface area contributed by atoms with Crippen molar-refractivity contribution < 1.29 is 27.8 Å². The highest BCUT2D eigenvalue weighted by Crippen LogP contribution is 2.55. The van der Waals surface area contributed by atoms with Crippen LogP contribution in [0.1, 0.15) is 54.0 Å². The number of thioether (sulfide) groups is 1. The zero-order valence-electron chi connectivity index (χ0n) is 19.3. The van der Waals surface area contributed by atoms with Crippen LogP contribution < -0.4 is 4.74 Å². The average molecular weight is 479 g/mol. The Bertz CT molecular complexity index is 1040. The molecule has 0 bridgehead atoms. The summed E-state index contributed by atoms with van der Waals surface area (Å²) in [4.78, 5) is 10.3. The normalized spacial score (nSPS) is 20.6. The van der Waals surface area contributed by atoms with Gasteiger partial charge in [0.25, 0.3) is 0 Å². The lowest BCUT2D eigenvalue weighted by Gasteiger charge is -2.31. The van der Waals surface area contributed by atoms with E-state index in [4.69, 9.17) is 9.84 Å². The minimum Gasteiger partial charge on any atom is -0.492 e. The van der Waals surface area contributed by atoms with Crippen LogP contribution in [0.25, 0.3) is 0 Å². The predicted octanol–water partition coefficient (Wildman–Crippen LogP) is 7.00. The molecule has 3 nitrogen and oxygen atoms in total. The SMILES string of the molecule is CCc1ccc(C2C=C(C(F)(F)F)SC2(C)COc2ccc(CCC(=O)O)c(C)c2C)cc1. The molecule has 1 N–H and O–H groups in total. The number of carboxylic acids is 1. The number of hydrogen-bond acceptors (Lipinski definition) is 3. The van der Waals surface area contributed by atoms with Crippen LogP contribution in [-0.4, -0.2) is 28.6 Å². The number of benzene rings is 2. The van der Waals surface area contributed by atoms with E-state index in [0.717, 1.165) is 46.0 Å². The molecule has 0 spiro atoms. The minimum absolute atomic E-state index is 0.0413. The fourth-order valence-electron chi connectivity index (χ4n) is 4.10. The lowest BCUT2D eigenvalue weighted by Crippen LogP contribution is -2.33. The Morgan fingerprint density at radius 2 is 1.79 bits per heavy atom. The summed E-state index contributed by atoms with van der Waals surface area (Å²) in [6.45, 7) is 7.75. The molecule has 0 saturated heterocycles. The van der Waals surface area contributed by atoms with Crippen LogP contribution in [0.4, 0.5) is 13.2 Å². The van der Waals surface area contributed by atoms with Crippen molar-refractivity contribution in [2.24, 2.45) is 0 Å². The van der Waals surface area contributed by atoms with E-state index in [9.17, 15) is 18.0 Å². The van der Waals surface area contributed by atoms with Gasteiger partial charge in [0.1, 0.15) is 12.4 Å². The molecule has 0 aromatic heterocycles. The van der Waals surface area contributed by atoms with Gasteiger partial charge in [-0.1, -0.05) is 43.3 Å². The summed E-state index contributed by atoms with van der Waals surface area (Å²) in [7, 11) is 0. The van der Waals surface area contributed by atoms with Gasteiger partial charge in [0.05, 0.1) is 9.65 Å². The van der Waals surface area contributed by atoms with Crippen molar-refractivity contribution in [1.82, 2.24) is 0 Å². The predicted molar refractivity (Wildman–Crippen MR) is 126 cm³/mol. The molecule has 2 aromatic rings. The first-order valence-electron chi connectivity index (χ1n) is 10.9. The third kappa shape index (κ3) is 5.75. The number of hydrogen-bond donors (Lipinski definition) is 1. The summed E-state index contributed by atoms with van der Waals surface area (Å²) in [6.07, 6.45) is -1.75. The van der Waals surface area contributed by atoms with Crippen LogP contribution in [0.3, 0.4) is 0 Å². The summed E-state index contributed by atoms with van der Waals surface area (Å²) in [6, 6.07) is 11.4. The van der Waals surface area contributed by atoms with Gasteiger partial charge in [0.15, 0.2) is 0 Å². The van der Waals surface area contributed by atoms with E-state index < -0.39 is 27.7 Å². The number of ether oxygens (including phenoxy) is 1. The molecule has 2 aromatic carbocycles. The van der Waals surface area contributed by atoms with E-state index in [-0.39, 0.29) is 13.0 Å². The Kier molecular flexibility index (Phi) is 7.52. The highest BCUT2D eigenvalue weighted by atomic mass is 32.2. The summed E-state index contributed by atoms with van der Waals surface area (Å²) < 4.78 is 46.1. The van der Waals surface area contributed by atoms with Crippen molar-refractivity contribution in [3.8, 4) is 5.75 Å². The van der Waals surface area contributed by atoms with Crippen molar-refractivity contribution in [1.29, 1.82) is 0 Å². The van der Waals surface area contributed by atoms with Gasteiger partial charge in [-0.05, 0) is 67.5 Å². The van der Waals surface area contributed by atoms with Crippen LogP contribution in [0, 0.1) is 13.8 Å². The Labute approximate surface area is 197 Å². The topological polar surface area (TPSA) is 46.5 Å². The molecule has 2 unspecified atom stereocenters. The van der Waals surface area contributed by atoms with Gasteiger partial charge in [-0.15, -0.1) is 11.8 Å². The van der Waals surface area contributed by atoms with Crippen LogP contribution in [0.15, 0.2) is 47.4 Å². The van der Waals surface area contributed by atoms with Crippen molar-refractivity contribution >= 4 is 17.7 Å². The van der Waals surface area contributed by atoms with E-state index >= 15 is 0 Å². The number of halogens is 3. The van der Waals surface area contributed by atoms with Gasteiger partial charge in [0.2, 0.25) is 0 Å². The number of carbonyl (C=O) groups is 1. The number of alkyl halides is 3. The second-order valence-corrected chi connectivity index (χ2v) is 10.2. The van der Waals surface area contributed by atoms with E-state index in [2.05, 4.69) is 0 Å². The summed E-state index contributed by atoms with van der Waals surface area (Å²) in [5.41, 5.74) is 4.72. The second-order valence-electron chi connectivity index (χ2n) is 8.67. The molecule has 0 saturated carbocycles. The maximum absolute atomic E-state index is 13.6. The third-order valence-corrected chi connectivity index (χ3v) is 7.74. The van der Waals surface area contributed by atoms with Crippen molar-refractivity contribution in [3.05, 3.63) is 75.2 Å². The number of aliphatic carboxylic acids is 1. The molecule has 0 fully saturated rings. The molecule has 0 radical (unpaired) electrons. The van der Waals surface area contributed by atoms with Gasteiger partial charge < -0.3 is 9.84 Å². The summed E-state index contributed by atoms with van der Waals surface area (Å²) in [5, 5.41) is 8.94. The zero-order chi connectivity index (χ0) is 24.4. The second kappa shape index (κ2) is 9.84. The molecular formula is C26H29F3O3S. The lowest BCUT2D eigenvalue weighted by molar-refractivity contribution is -0.136. The van der Waals surface area contributed by atoms with E-state index in [1.807, 2.05) is 58.0 Å². The quantitative estimate of drug-likeness (QED) is 0.444. The molecule has 0 amide bonds. The first-order valence-corrected chi connectivity index (χ1v) is 11.8. The Balaban J connectivity index is 1.84. The van der Waals surface area contributed by atoms with Gasteiger partial charge in [-0.25, -0.2) is 0 Å². The Hall–Kier alpha value is -2.41. The number of aryl methyl sites for hydroxylation is 2. The molecule has 178 valence electrons. The maximum atomic E-state index is 13.6. The number of allylic oxidation sites excluding steroid dienone is 2. The van der Waals surface area contributed by atoms with Gasteiger partial charge >= 0.3 is 12.1 Å². The molecule has 1 aliphatic heterocycles. The van der Waals surface area contributed by atoms with E-state index in [1.54, 1.807) is 6.07 Å². The molecule has 2 atom stereocenters. The largest absolute Gasteiger partial charge is 0.492 e. The first-order chi connectivity index (χ1) is 15.4. The number of carboxylic acid groups (broad SMARTS) is 1. The molecule has 1 aliphatic rings. The molecular weight excluding hydrogens is 449 g/mol. The van der Waals surface area contributed by atoms with Crippen LogP contribution in [0.2, 0.25) is 0 Å². The Morgan fingerprint density at radius 3 is 2.36 bits per heavy atom. The molecule has 1 heterocycles. The zero-order valence-corrected chi connectivity index (χ0v) is 20.1. The van der Waals surface area contributed by atoms with Crippen LogP contribution in [-0.2, 0) is 17.6 Å². The molecule has 0 aliphatic carbocycles. The fraction of sp³-hybridized carbons (Fsp3) is 0.423. The average Bonchev–Trinajstić information content (AvgIpc) is 3.12. The van der Waals surface area contributed by atoms with Crippen molar-refractivity contribution in [2.45, 2.75) is 63.8 Å². The molecule has 3 rings (SSSR count). The Morgan fingerprint density at radius 1 is 1.12 bits per heavy atom. The molecule has 33 heavy (non-hydrogen) atoms. The highest BCUT2D eigenvalue weighted by Gasteiger charge is 2.49.